The van der Waals surface area contributed by atoms with E-state index in [4.69, 9.17) is 0 Å². The van der Waals surface area contributed by atoms with E-state index in [1.807, 2.05) is 0 Å². The lowest BCUT2D eigenvalue weighted by Crippen LogP contribution is -1.79. The van der Waals surface area contributed by atoms with Gasteiger partial charge in [0.1, 0.15) is 0 Å². The maximum absolute atomic E-state index is 10.0. The molecule has 4 nitrogen and oxygen atoms in total. The molecule has 68 valence electrons. The summed E-state index contributed by atoms with van der Waals surface area (Å²) < 4.78 is 0. The summed E-state index contributed by atoms with van der Waals surface area (Å²) in [5, 5.41) is 0. The van der Waals surface area contributed by atoms with Crippen molar-refractivity contribution in [1.82, 2.24) is 0 Å². The largest absolute Gasteiger partial charge is 0.228 e. The van der Waals surface area contributed by atoms with E-state index in [-0.39, 0.29) is 0 Å². The molecule has 0 aliphatic heterocycles. The molecule has 0 aromatic carbocycles. The molecular formula is C7H6O4P2. The molecule has 0 atom stereocenters. The third-order valence-corrected chi connectivity index (χ3v) is 3.61. The van der Waals surface area contributed by atoms with Gasteiger partial charge in [-0.2, -0.15) is 0 Å². The second-order valence-electron chi connectivity index (χ2n) is 2.02. The van der Waals surface area contributed by atoms with Gasteiger partial charge in [-0.05, 0) is 6.42 Å². The van der Waals surface area contributed by atoms with Gasteiger partial charge in [-0.25, -0.2) is 19.2 Å². The third-order valence-electron chi connectivity index (χ3n) is 1.20. The molecule has 0 aromatic heterocycles. The maximum atomic E-state index is 10.0. The first-order chi connectivity index (χ1) is 6.28. The lowest BCUT2D eigenvalue weighted by molar-refractivity contribution is 0.569. The Labute approximate surface area is 75.6 Å². The van der Waals surface area contributed by atoms with Crippen LogP contribution in [0.5, 0.6) is 0 Å². The molecular weight excluding hydrogens is 210 g/mol. The van der Waals surface area contributed by atoms with Crippen molar-refractivity contribution in [3.05, 3.63) is 0 Å². The summed E-state index contributed by atoms with van der Waals surface area (Å²) in [7, 11) is -2.91. The number of rotatable bonds is 4. The Bertz CT molecular complexity index is 355. The fraction of sp³-hybridized carbons (Fsp3) is 0.429. The van der Waals surface area contributed by atoms with Crippen LogP contribution in [-0.2, 0) is 19.2 Å². The molecule has 6 heteroatoms. The van der Waals surface area contributed by atoms with Crippen molar-refractivity contribution in [3.63, 3.8) is 0 Å². The van der Waals surface area contributed by atoms with Crippen molar-refractivity contribution in [1.29, 1.82) is 0 Å². The summed E-state index contributed by atoms with van der Waals surface area (Å²) in [6.07, 6.45) is 1.14. The number of hydrogen-bond donors (Lipinski definition) is 0. The van der Waals surface area contributed by atoms with E-state index >= 15 is 0 Å². The van der Waals surface area contributed by atoms with Crippen LogP contribution < -0.4 is 0 Å². The maximum Gasteiger partial charge on any atom is 0.156 e. The first kappa shape index (κ1) is 11.9. The summed E-state index contributed by atoms with van der Waals surface area (Å²) in [5.41, 5.74) is 6.25. The van der Waals surface area contributed by atoms with Gasteiger partial charge >= 0.3 is 0 Å². The highest BCUT2D eigenvalue weighted by Crippen LogP contribution is 2.11. The quantitative estimate of drug-likeness (QED) is 0.645. The minimum Gasteiger partial charge on any atom is -0.228 e. The Morgan fingerprint density at radius 2 is 1.00 bits per heavy atom. The van der Waals surface area contributed by atoms with E-state index in [0.717, 1.165) is 0 Å². The molecule has 13 heavy (non-hydrogen) atoms. The fourth-order valence-corrected chi connectivity index (χ4v) is 2.24. The van der Waals surface area contributed by atoms with Crippen molar-refractivity contribution >= 4 is 37.0 Å². The molecule has 0 aliphatic rings. The predicted octanol–water partition coefficient (Wildman–Crippen LogP) is 0.609. The Morgan fingerprint density at radius 3 is 1.23 bits per heavy atom. The summed E-state index contributed by atoms with van der Waals surface area (Å²) in [5.74, 6) is 0. The van der Waals surface area contributed by atoms with Crippen molar-refractivity contribution < 1.29 is 19.2 Å². The fourth-order valence-electron chi connectivity index (χ4n) is 0.607. The highest BCUT2D eigenvalue weighted by Gasteiger charge is 1.90. The third kappa shape index (κ3) is 5.21. The first-order valence-corrected chi connectivity index (χ1v) is 6.40. The molecule has 0 saturated carbocycles. The van der Waals surface area contributed by atoms with Crippen LogP contribution >= 0.6 is 14.3 Å². The van der Waals surface area contributed by atoms with E-state index in [9.17, 15) is 19.2 Å². The summed E-state index contributed by atoms with van der Waals surface area (Å²) in [6.45, 7) is 0. The zero-order valence-corrected chi connectivity index (χ0v) is 8.44. The Morgan fingerprint density at radius 1 is 0.692 bits per heavy atom. The van der Waals surface area contributed by atoms with Gasteiger partial charge in [-0.15, -0.1) is 0 Å². The second kappa shape index (κ2) is 7.56. The van der Waals surface area contributed by atoms with Gasteiger partial charge in [-0.3, -0.25) is 0 Å². The normalized spacial score (nSPS) is 10.2. The van der Waals surface area contributed by atoms with Gasteiger partial charge in [0.25, 0.3) is 0 Å². The second-order valence-corrected chi connectivity index (χ2v) is 5.36. The van der Waals surface area contributed by atoms with Gasteiger partial charge < -0.3 is 0 Å². The van der Waals surface area contributed by atoms with Crippen LogP contribution in [0.15, 0.2) is 0 Å². The predicted molar refractivity (Wildman–Crippen MR) is 51.0 cm³/mol. The average molecular weight is 216 g/mol. The minimum absolute atomic E-state index is 0.338. The summed E-state index contributed by atoms with van der Waals surface area (Å²) >= 11 is 0. The molecule has 0 rings (SSSR count). The molecule has 0 saturated heterocycles. The SMILES string of the molecule is O=C=P(=C=O)CCCP(=C=O)=C=O. The monoisotopic (exact) mass is 216 g/mol. The molecule has 0 heterocycles. The first-order valence-electron chi connectivity index (χ1n) is 3.34. The van der Waals surface area contributed by atoms with E-state index < -0.39 is 14.3 Å². The van der Waals surface area contributed by atoms with Gasteiger partial charge in [-0.1, -0.05) is 0 Å². The van der Waals surface area contributed by atoms with Crippen LogP contribution in [0.1, 0.15) is 6.42 Å². The van der Waals surface area contributed by atoms with Crippen LogP contribution in [0.3, 0.4) is 0 Å². The smallest absolute Gasteiger partial charge is 0.156 e. The summed E-state index contributed by atoms with van der Waals surface area (Å²) in [4.78, 5) is 40.2. The molecule has 0 radical (unpaired) electrons. The van der Waals surface area contributed by atoms with Crippen molar-refractivity contribution in [2.45, 2.75) is 6.42 Å². The molecule has 0 N–H and O–H groups in total. The number of carbonyl (C=O) groups excluding carboxylic acids is 4. The Kier molecular flexibility index (Phi) is 6.93. The highest BCUT2D eigenvalue weighted by atomic mass is 31.1. The van der Waals surface area contributed by atoms with Crippen LogP contribution in [0, 0.1) is 0 Å². The van der Waals surface area contributed by atoms with Crippen LogP contribution in [0.4, 0.5) is 0 Å². The van der Waals surface area contributed by atoms with Crippen LogP contribution in [0.25, 0.3) is 0 Å². The molecule has 0 aromatic rings. The van der Waals surface area contributed by atoms with Crippen molar-refractivity contribution in [3.8, 4) is 0 Å². The Hall–Kier alpha value is -1.08. The van der Waals surface area contributed by atoms with E-state index in [1.54, 1.807) is 22.6 Å². The lowest BCUT2D eigenvalue weighted by Gasteiger charge is -1.85. The van der Waals surface area contributed by atoms with Gasteiger partial charge in [0.05, 0.1) is 14.3 Å². The van der Waals surface area contributed by atoms with E-state index in [1.165, 1.54) is 0 Å². The van der Waals surface area contributed by atoms with Gasteiger partial charge in [0, 0.05) is 12.3 Å². The minimum atomic E-state index is -1.46. The molecule has 0 aliphatic carbocycles. The molecule has 0 amide bonds. The number of hydrogen-bond acceptors (Lipinski definition) is 4. The van der Waals surface area contributed by atoms with Gasteiger partial charge in [0.15, 0.2) is 22.6 Å². The lowest BCUT2D eigenvalue weighted by atomic mass is 10.6. The average Bonchev–Trinajstić information content (AvgIpc) is 2.19. The van der Waals surface area contributed by atoms with Crippen LogP contribution in [-0.4, -0.2) is 35.0 Å². The van der Waals surface area contributed by atoms with E-state index in [2.05, 4.69) is 0 Å². The van der Waals surface area contributed by atoms with E-state index in [0.29, 0.717) is 18.7 Å². The van der Waals surface area contributed by atoms with Crippen molar-refractivity contribution in [2.75, 3.05) is 12.3 Å². The van der Waals surface area contributed by atoms with Gasteiger partial charge in [0.2, 0.25) is 0 Å². The van der Waals surface area contributed by atoms with Crippen LogP contribution in [0.2, 0.25) is 0 Å². The van der Waals surface area contributed by atoms with Crippen molar-refractivity contribution in [2.24, 2.45) is 0 Å². The zero-order chi connectivity index (χ0) is 10.1. The summed E-state index contributed by atoms with van der Waals surface area (Å²) in [6, 6.07) is 0. The molecule has 0 fully saturated rings. The standard InChI is InChI=1S/C7H6O4P2/c8-4-12(5-9)2-1-3-13(6-10)7-11/h1-3H2. The molecule has 0 unspecified atom stereocenters. The molecule has 0 bridgehead atoms. The highest BCUT2D eigenvalue weighted by molar-refractivity contribution is 7.56. The zero-order valence-electron chi connectivity index (χ0n) is 6.65. The Balaban J connectivity index is 4.26. The molecule has 0 spiro atoms. The topological polar surface area (TPSA) is 68.3 Å².